The maximum atomic E-state index is 13.6. The van der Waals surface area contributed by atoms with Crippen molar-refractivity contribution in [2.75, 3.05) is 18.4 Å². The van der Waals surface area contributed by atoms with E-state index in [0.717, 1.165) is 5.56 Å². The van der Waals surface area contributed by atoms with Crippen molar-refractivity contribution in [2.24, 2.45) is 5.92 Å². The number of anilines is 1. The lowest BCUT2D eigenvalue weighted by Crippen LogP contribution is -2.53. The van der Waals surface area contributed by atoms with Gasteiger partial charge in [-0.2, -0.15) is 0 Å². The second-order valence-electron chi connectivity index (χ2n) is 10.7. The Balaban J connectivity index is 1.28. The Bertz CT molecular complexity index is 1630. The molecule has 10 heteroatoms. The lowest BCUT2D eigenvalue weighted by Gasteiger charge is -2.40. The Hall–Kier alpha value is -4.53. The monoisotopic (exact) mass is 631 g/mol. The van der Waals surface area contributed by atoms with Crippen molar-refractivity contribution in [3.05, 3.63) is 129 Å². The maximum Gasteiger partial charge on any atom is 0.320 e. The number of benzene rings is 4. The minimum absolute atomic E-state index is 0.0954. The van der Waals surface area contributed by atoms with E-state index in [0.29, 0.717) is 44.8 Å². The van der Waals surface area contributed by atoms with Crippen molar-refractivity contribution in [3.63, 3.8) is 0 Å². The van der Waals surface area contributed by atoms with Crippen LogP contribution in [0.25, 0.3) is 0 Å². The lowest BCUT2D eigenvalue weighted by atomic mass is 9.99. The molecule has 1 aliphatic heterocycles. The Morgan fingerprint density at radius 3 is 2.18 bits per heavy atom. The van der Waals surface area contributed by atoms with Gasteiger partial charge >= 0.3 is 12.0 Å². The lowest BCUT2D eigenvalue weighted by molar-refractivity contribution is -0.138. The number of hydrogen-bond donors (Lipinski definition) is 2. The van der Waals surface area contributed by atoms with Crippen molar-refractivity contribution in [2.45, 2.75) is 26.1 Å². The predicted molar refractivity (Wildman–Crippen MR) is 170 cm³/mol. The summed E-state index contributed by atoms with van der Waals surface area (Å²) in [5.74, 6) is -0.893. The van der Waals surface area contributed by atoms with Gasteiger partial charge in [0, 0.05) is 53.4 Å². The third-order valence-electron chi connectivity index (χ3n) is 7.32. The van der Waals surface area contributed by atoms with Gasteiger partial charge in [0.25, 0.3) is 5.91 Å². The summed E-state index contributed by atoms with van der Waals surface area (Å²) in [6.07, 6.45) is -0.0954. The second-order valence-corrected chi connectivity index (χ2v) is 11.5. The first-order valence-electron chi connectivity index (χ1n) is 14.1. The molecule has 1 heterocycles. The summed E-state index contributed by atoms with van der Waals surface area (Å²) in [6.45, 7) is 1.29. The predicted octanol–water partition coefficient (Wildman–Crippen LogP) is 7.35. The van der Waals surface area contributed by atoms with Gasteiger partial charge < -0.3 is 25.0 Å². The Kier molecular flexibility index (Phi) is 10.0. The zero-order valence-electron chi connectivity index (χ0n) is 23.8. The molecule has 1 unspecified atom stereocenters. The van der Waals surface area contributed by atoms with Gasteiger partial charge in [-0.3, -0.25) is 9.59 Å². The summed E-state index contributed by atoms with van der Waals surface area (Å²) < 4.78 is 5.84. The van der Waals surface area contributed by atoms with E-state index < -0.39 is 5.97 Å². The molecular weight excluding hydrogens is 601 g/mol. The third-order valence-corrected chi connectivity index (χ3v) is 7.91. The number of carbonyl (C=O) groups excluding carboxylic acids is 2. The van der Waals surface area contributed by atoms with E-state index in [1.807, 2.05) is 30.3 Å². The van der Waals surface area contributed by atoms with E-state index in [2.05, 4.69) is 5.32 Å². The van der Waals surface area contributed by atoms with Gasteiger partial charge in [-0.05, 0) is 59.2 Å². The van der Waals surface area contributed by atoms with Crippen LogP contribution in [0.4, 0.5) is 10.5 Å². The SMILES string of the molecule is O=C(O)CC1CN(Cc2ccc(Cl)cc2Cl)C(=O)N(Cc2ccccc2C(=O)Nc2ccc(OCc3ccccc3)cc2)C1. The number of amides is 3. The molecule has 4 aromatic carbocycles. The highest BCUT2D eigenvalue weighted by molar-refractivity contribution is 6.35. The normalized spacial score (nSPS) is 14.8. The molecule has 5 rings (SSSR count). The van der Waals surface area contributed by atoms with Crippen molar-refractivity contribution >= 4 is 46.8 Å². The van der Waals surface area contributed by atoms with E-state index in [-0.39, 0.29) is 50.5 Å². The number of halogens is 2. The molecule has 1 aliphatic rings. The van der Waals surface area contributed by atoms with Crippen molar-refractivity contribution in [1.82, 2.24) is 9.80 Å². The van der Waals surface area contributed by atoms with Crippen LogP contribution < -0.4 is 10.1 Å². The summed E-state index contributed by atoms with van der Waals surface area (Å²) >= 11 is 12.4. The van der Waals surface area contributed by atoms with Crippen LogP contribution in [0.15, 0.2) is 97.1 Å². The fraction of sp³-hybridized carbons (Fsp3) is 0.206. The van der Waals surface area contributed by atoms with Crippen molar-refractivity contribution < 1.29 is 24.2 Å². The number of urea groups is 1. The molecule has 1 saturated heterocycles. The molecule has 0 saturated carbocycles. The minimum Gasteiger partial charge on any atom is -0.489 e. The summed E-state index contributed by atoms with van der Waals surface area (Å²) in [4.78, 5) is 41.8. The number of aliphatic carboxylic acids is 1. The summed E-state index contributed by atoms with van der Waals surface area (Å²) in [6, 6.07) is 28.8. The molecule has 44 heavy (non-hydrogen) atoms. The molecule has 0 aromatic heterocycles. The largest absolute Gasteiger partial charge is 0.489 e. The van der Waals surface area contributed by atoms with Gasteiger partial charge in [-0.25, -0.2) is 4.79 Å². The first-order chi connectivity index (χ1) is 21.2. The van der Waals surface area contributed by atoms with Crippen LogP contribution in [0.5, 0.6) is 5.75 Å². The molecule has 0 radical (unpaired) electrons. The van der Waals surface area contributed by atoms with Crippen LogP contribution >= 0.6 is 23.2 Å². The van der Waals surface area contributed by atoms with Crippen LogP contribution in [0, 0.1) is 5.92 Å². The highest BCUT2D eigenvalue weighted by atomic mass is 35.5. The Labute approximate surface area is 265 Å². The Morgan fingerprint density at radius 2 is 1.50 bits per heavy atom. The standard InChI is InChI=1S/C34H31Cl2N3O5/c35-27-11-10-26(31(36)17-27)21-39-19-24(16-32(40)41)18-38(34(39)43)20-25-8-4-5-9-30(25)33(42)37-28-12-14-29(15-13-28)44-22-23-6-2-1-3-7-23/h1-15,17,24H,16,18-22H2,(H,37,42)(H,40,41). The minimum atomic E-state index is -0.940. The summed E-state index contributed by atoms with van der Waals surface area (Å²) in [7, 11) is 0. The fourth-order valence-corrected chi connectivity index (χ4v) is 5.66. The molecule has 8 nitrogen and oxygen atoms in total. The topological polar surface area (TPSA) is 99.2 Å². The highest BCUT2D eigenvalue weighted by Crippen LogP contribution is 2.27. The number of rotatable bonds is 11. The third kappa shape index (κ3) is 8.09. The molecule has 0 aliphatic carbocycles. The smallest absolute Gasteiger partial charge is 0.320 e. The molecule has 0 spiro atoms. The molecule has 4 aromatic rings. The molecular formula is C34H31Cl2N3O5. The zero-order valence-corrected chi connectivity index (χ0v) is 25.3. The van der Waals surface area contributed by atoms with Gasteiger partial charge in [-0.1, -0.05) is 77.8 Å². The second kappa shape index (κ2) is 14.3. The van der Waals surface area contributed by atoms with E-state index >= 15 is 0 Å². The van der Waals surface area contributed by atoms with E-state index in [9.17, 15) is 19.5 Å². The Morgan fingerprint density at radius 1 is 0.841 bits per heavy atom. The van der Waals surface area contributed by atoms with E-state index in [1.54, 1.807) is 76.5 Å². The fourth-order valence-electron chi connectivity index (χ4n) is 5.19. The molecule has 226 valence electrons. The van der Waals surface area contributed by atoms with Crippen molar-refractivity contribution in [1.29, 1.82) is 0 Å². The van der Waals surface area contributed by atoms with Crippen LogP contribution in [0.3, 0.4) is 0 Å². The van der Waals surface area contributed by atoms with Crippen LogP contribution in [-0.4, -0.2) is 45.9 Å². The number of nitrogens with one attached hydrogen (secondary N) is 1. The van der Waals surface area contributed by atoms with Crippen LogP contribution in [0.1, 0.15) is 33.5 Å². The van der Waals surface area contributed by atoms with Crippen LogP contribution in [0.2, 0.25) is 10.0 Å². The molecule has 1 fully saturated rings. The highest BCUT2D eigenvalue weighted by Gasteiger charge is 2.33. The number of ether oxygens (including phenoxy) is 1. The molecule has 0 bridgehead atoms. The van der Waals surface area contributed by atoms with Gasteiger partial charge in [0.15, 0.2) is 0 Å². The molecule has 2 N–H and O–H groups in total. The first-order valence-corrected chi connectivity index (χ1v) is 14.9. The number of hydrogen-bond acceptors (Lipinski definition) is 4. The number of carboxylic acids is 1. The summed E-state index contributed by atoms with van der Waals surface area (Å²) in [5.41, 5.74) is 3.41. The summed E-state index contributed by atoms with van der Waals surface area (Å²) in [5, 5.41) is 13.3. The number of carbonyl (C=O) groups is 3. The average Bonchev–Trinajstić information content (AvgIpc) is 3.01. The quantitative estimate of drug-likeness (QED) is 0.180. The van der Waals surface area contributed by atoms with E-state index in [4.69, 9.17) is 27.9 Å². The molecule has 3 amide bonds. The number of carboxylic acid groups (broad SMARTS) is 1. The number of nitrogens with zero attached hydrogens (tertiary/aromatic N) is 2. The van der Waals surface area contributed by atoms with Gasteiger partial charge in [0.2, 0.25) is 0 Å². The molecule has 1 atom stereocenters. The van der Waals surface area contributed by atoms with Crippen molar-refractivity contribution in [3.8, 4) is 5.75 Å². The first kappa shape index (κ1) is 30.9. The van der Waals surface area contributed by atoms with E-state index in [1.165, 1.54) is 0 Å². The van der Waals surface area contributed by atoms with Gasteiger partial charge in [-0.15, -0.1) is 0 Å². The van der Waals surface area contributed by atoms with Gasteiger partial charge in [0.05, 0.1) is 6.42 Å². The zero-order chi connectivity index (χ0) is 31.1. The van der Waals surface area contributed by atoms with Crippen LogP contribution in [-0.2, 0) is 24.5 Å². The average molecular weight is 633 g/mol. The maximum absolute atomic E-state index is 13.6. The van der Waals surface area contributed by atoms with Gasteiger partial charge in [0.1, 0.15) is 12.4 Å².